The first kappa shape index (κ1) is 25.7. The van der Waals surface area contributed by atoms with Crippen LogP contribution in [0.15, 0.2) is 35.5 Å². The summed E-state index contributed by atoms with van der Waals surface area (Å²) in [6.45, 7) is 13.0. The van der Waals surface area contributed by atoms with Crippen molar-refractivity contribution in [2.45, 2.75) is 123 Å². The van der Waals surface area contributed by atoms with Gasteiger partial charge in [0.05, 0.1) is 17.8 Å². The number of hydrogen-bond acceptors (Lipinski definition) is 3. The van der Waals surface area contributed by atoms with Gasteiger partial charge in [-0.25, -0.2) is 0 Å². The zero-order valence-electron chi connectivity index (χ0n) is 21.1. The van der Waals surface area contributed by atoms with Crippen LogP contribution in [0.5, 0.6) is 0 Å². The fraction of sp³-hybridized carbons (Fsp3) is 0.793. The van der Waals surface area contributed by atoms with E-state index in [1.807, 2.05) is 0 Å². The van der Waals surface area contributed by atoms with Gasteiger partial charge in [-0.2, -0.15) is 0 Å². The monoisotopic (exact) mass is 444 g/mol. The van der Waals surface area contributed by atoms with Crippen LogP contribution in [-0.2, 0) is 0 Å². The van der Waals surface area contributed by atoms with Crippen LogP contribution in [0.2, 0.25) is 0 Å². The fourth-order valence-electron chi connectivity index (χ4n) is 7.20. The van der Waals surface area contributed by atoms with Crippen molar-refractivity contribution in [3.63, 3.8) is 0 Å². The Kier molecular flexibility index (Phi) is 8.50. The van der Waals surface area contributed by atoms with Crippen LogP contribution in [0.4, 0.5) is 0 Å². The van der Waals surface area contributed by atoms with Crippen LogP contribution in [0.3, 0.4) is 0 Å². The Morgan fingerprint density at radius 3 is 2.41 bits per heavy atom. The van der Waals surface area contributed by atoms with Crippen molar-refractivity contribution in [3.05, 3.63) is 35.5 Å². The Morgan fingerprint density at radius 1 is 1.12 bits per heavy atom. The summed E-state index contributed by atoms with van der Waals surface area (Å²) in [7, 11) is 0. The third kappa shape index (κ3) is 5.42. The van der Waals surface area contributed by atoms with Gasteiger partial charge in [-0.1, -0.05) is 70.4 Å². The first-order valence-electron chi connectivity index (χ1n) is 13.3. The van der Waals surface area contributed by atoms with Crippen LogP contribution in [0.1, 0.15) is 105 Å². The van der Waals surface area contributed by atoms with E-state index in [-0.39, 0.29) is 0 Å². The molecular weight excluding hydrogens is 396 g/mol. The Labute approximate surface area is 196 Å². The summed E-state index contributed by atoms with van der Waals surface area (Å²) in [5.74, 6) is 2.13. The minimum atomic E-state index is -0.616. The summed E-state index contributed by atoms with van der Waals surface area (Å²) in [6.07, 6.45) is 15.9. The lowest BCUT2D eigenvalue weighted by atomic mass is 9.60. The maximum Gasteiger partial charge on any atom is 0.0809 e. The number of allylic oxidation sites excluding steroid dienone is 3. The number of rotatable bonds is 8. The molecule has 3 aliphatic rings. The zero-order chi connectivity index (χ0) is 23.5. The molecule has 0 spiro atoms. The predicted molar refractivity (Wildman–Crippen MR) is 133 cm³/mol. The molecule has 3 rings (SSSR count). The highest BCUT2D eigenvalue weighted by Crippen LogP contribution is 2.60. The maximum atomic E-state index is 10.6. The molecule has 182 valence electrons. The lowest BCUT2D eigenvalue weighted by Gasteiger charge is -2.44. The van der Waals surface area contributed by atoms with E-state index in [1.165, 1.54) is 38.5 Å². The highest BCUT2D eigenvalue weighted by Gasteiger charge is 2.50. The van der Waals surface area contributed by atoms with Gasteiger partial charge in [-0.3, -0.25) is 0 Å². The normalized spacial score (nSPS) is 35.8. The van der Waals surface area contributed by atoms with Crippen molar-refractivity contribution >= 4 is 0 Å². The Morgan fingerprint density at radius 2 is 1.78 bits per heavy atom. The van der Waals surface area contributed by atoms with E-state index >= 15 is 0 Å². The van der Waals surface area contributed by atoms with Crippen molar-refractivity contribution in [2.24, 2.45) is 23.2 Å². The molecule has 3 saturated carbocycles. The van der Waals surface area contributed by atoms with E-state index in [1.54, 1.807) is 5.57 Å². The van der Waals surface area contributed by atoms with Crippen LogP contribution in [-0.4, -0.2) is 33.1 Å². The molecule has 6 atom stereocenters. The van der Waals surface area contributed by atoms with Crippen molar-refractivity contribution < 1.29 is 15.3 Å². The molecule has 0 aliphatic heterocycles. The van der Waals surface area contributed by atoms with Gasteiger partial charge in [0.2, 0.25) is 0 Å². The summed E-state index contributed by atoms with van der Waals surface area (Å²) in [4.78, 5) is 0. The molecule has 0 bridgehead atoms. The van der Waals surface area contributed by atoms with E-state index in [4.69, 9.17) is 0 Å². The lowest BCUT2D eigenvalue weighted by molar-refractivity contribution is 0.0178. The molecule has 32 heavy (non-hydrogen) atoms. The third-order valence-electron chi connectivity index (χ3n) is 9.64. The number of aliphatic hydroxyl groups excluding tert-OH is 2. The van der Waals surface area contributed by atoms with E-state index < -0.39 is 17.8 Å². The minimum Gasteiger partial charge on any atom is -0.390 e. The Balaban J connectivity index is 1.65. The van der Waals surface area contributed by atoms with Crippen LogP contribution < -0.4 is 0 Å². The van der Waals surface area contributed by atoms with Gasteiger partial charge in [-0.05, 0) is 93.0 Å². The molecule has 3 heteroatoms. The van der Waals surface area contributed by atoms with Crippen LogP contribution in [0, 0.1) is 23.2 Å². The molecule has 0 saturated heterocycles. The molecule has 3 N–H and O–H groups in total. The zero-order valence-corrected chi connectivity index (χ0v) is 21.1. The fourth-order valence-corrected chi connectivity index (χ4v) is 7.20. The smallest absolute Gasteiger partial charge is 0.0809 e. The van der Waals surface area contributed by atoms with Crippen molar-refractivity contribution in [3.8, 4) is 0 Å². The SMILES string of the molecule is C=C1[C@H](O)CC(=C/C=C2\CCC[C@]3(C)[C@@H]([C@@H](C)CCCC(O)(CC)CC)CC[C@@H]23)C[C@H]1O. The molecule has 0 unspecified atom stereocenters. The number of aliphatic hydroxyl groups is 3. The van der Waals surface area contributed by atoms with E-state index in [9.17, 15) is 15.3 Å². The third-order valence-corrected chi connectivity index (χ3v) is 9.64. The van der Waals surface area contributed by atoms with E-state index in [2.05, 4.69) is 46.4 Å². The van der Waals surface area contributed by atoms with Gasteiger partial charge in [0.1, 0.15) is 0 Å². The predicted octanol–water partition coefficient (Wildman–Crippen LogP) is 6.48. The van der Waals surface area contributed by atoms with Gasteiger partial charge in [-0.15, -0.1) is 0 Å². The van der Waals surface area contributed by atoms with Crippen LogP contribution in [0.25, 0.3) is 0 Å². The minimum absolute atomic E-state index is 0.383. The average Bonchev–Trinajstić information content (AvgIpc) is 3.13. The Hall–Kier alpha value is -0.900. The molecule has 3 aliphatic carbocycles. The molecule has 3 nitrogen and oxygen atoms in total. The molecule has 0 radical (unpaired) electrons. The highest BCUT2D eigenvalue weighted by atomic mass is 16.3. The van der Waals surface area contributed by atoms with Crippen molar-refractivity contribution in [2.75, 3.05) is 0 Å². The van der Waals surface area contributed by atoms with Crippen LogP contribution >= 0.6 is 0 Å². The van der Waals surface area contributed by atoms with E-state index in [0.29, 0.717) is 35.7 Å². The van der Waals surface area contributed by atoms with Gasteiger partial charge < -0.3 is 15.3 Å². The summed E-state index contributed by atoms with van der Waals surface area (Å²) in [5, 5.41) is 31.0. The lowest BCUT2D eigenvalue weighted by Crippen LogP contribution is -2.36. The van der Waals surface area contributed by atoms with E-state index in [0.717, 1.165) is 37.2 Å². The van der Waals surface area contributed by atoms with Crippen molar-refractivity contribution in [1.82, 2.24) is 0 Å². The molecule has 0 heterocycles. The largest absolute Gasteiger partial charge is 0.390 e. The summed E-state index contributed by atoms with van der Waals surface area (Å²) in [5.41, 5.74) is 3.19. The molecular formula is C29H48O3. The quantitative estimate of drug-likeness (QED) is 0.375. The van der Waals surface area contributed by atoms with Gasteiger partial charge in [0.25, 0.3) is 0 Å². The summed E-state index contributed by atoms with van der Waals surface area (Å²) >= 11 is 0. The van der Waals surface area contributed by atoms with Gasteiger partial charge >= 0.3 is 0 Å². The second-order valence-electron chi connectivity index (χ2n) is 11.5. The second-order valence-corrected chi connectivity index (χ2v) is 11.5. The van der Waals surface area contributed by atoms with Crippen molar-refractivity contribution in [1.29, 1.82) is 0 Å². The first-order valence-corrected chi connectivity index (χ1v) is 13.3. The molecule has 0 aromatic rings. The summed E-state index contributed by atoms with van der Waals surface area (Å²) < 4.78 is 0. The number of fused-ring (bicyclic) bond motifs is 1. The molecule has 0 amide bonds. The first-order chi connectivity index (χ1) is 15.1. The Bertz CT molecular complexity index is 700. The molecule has 0 aromatic heterocycles. The maximum absolute atomic E-state index is 10.6. The molecule has 3 fully saturated rings. The number of hydrogen-bond donors (Lipinski definition) is 3. The molecule has 0 aromatic carbocycles. The second kappa shape index (κ2) is 10.6. The summed E-state index contributed by atoms with van der Waals surface area (Å²) in [6, 6.07) is 0. The topological polar surface area (TPSA) is 60.7 Å². The highest BCUT2D eigenvalue weighted by molar-refractivity contribution is 5.29. The van der Waals surface area contributed by atoms with Gasteiger partial charge in [0, 0.05) is 0 Å². The standard InChI is InChI=1S/C29H48O3/c1-6-29(32,7-2)17-8-10-20(3)24-14-15-25-23(11-9-16-28(24,25)5)13-12-22-18-26(30)21(4)27(31)19-22/h12-13,20,24-27,30-32H,4,6-11,14-19H2,1-3,5H3/b23-13+/t20-,24+,25-,26+,27+,28+/m0/s1. The average molecular weight is 445 g/mol. The van der Waals surface area contributed by atoms with Gasteiger partial charge in [0.15, 0.2) is 0 Å².